The van der Waals surface area contributed by atoms with Crippen molar-refractivity contribution in [2.45, 2.75) is 19.2 Å². The Morgan fingerprint density at radius 2 is 2.00 bits per heavy atom. The van der Waals surface area contributed by atoms with E-state index in [0.29, 0.717) is 11.3 Å². The number of hydrogen-bond acceptors (Lipinski definition) is 3. The summed E-state index contributed by atoms with van der Waals surface area (Å²) in [6.07, 6.45) is -4.93. The first kappa shape index (κ1) is 14.8. The molecule has 0 radical (unpaired) electrons. The highest BCUT2D eigenvalue weighted by atomic mass is 19.4. The number of aliphatic hydroxyl groups is 1. The van der Waals surface area contributed by atoms with Gasteiger partial charge in [-0.2, -0.15) is 13.2 Å². The Balaban J connectivity index is 2.29. The average molecular weight is 264 g/mol. The van der Waals surface area contributed by atoms with E-state index in [1.807, 2.05) is 0 Å². The van der Waals surface area contributed by atoms with Crippen LogP contribution in [0.25, 0.3) is 0 Å². The SMILES string of the molecule is CC(O)c1cccc(OCCOCC(F)(F)F)c1. The summed E-state index contributed by atoms with van der Waals surface area (Å²) in [5, 5.41) is 9.34. The predicted octanol–water partition coefficient (Wildman–Crippen LogP) is 2.70. The summed E-state index contributed by atoms with van der Waals surface area (Å²) in [6.45, 7) is 0.230. The second-order valence-corrected chi connectivity index (χ2v) is 3.76. The van der Waals surface area contributed by atoms with Crippen LogP contribution in [-0.4, -0.2) is 31.1 Å². The first-order valence-electron chi connectivity index (χ1n) is 5.44. The van der Waals surface area contributed by atoms with E-state index < -0.39 is 18.9 Å². The minimum atomic E-state index is -4.31. The van der Waals surface area contributed by atoms with Gasteiger partial charge in [0.05, 0.1) is 12.7 Å². The van der Waals surface area contributed by atoms with Gasteiger partial charge in [-0.1, -0.05) is 12.1 Å². The number of ether oxygens (including phenoxy) is 2. The van der Waals surface area contributed by atoms with E-state index in [1.54, 1.807) is 31.2 Å². The van der Waals surface area contributed by atoms with Gasteiger partial charge < -0.3 is 14.6 Å². The van der Waals surface area contributed by atoms with E-state index in [0.717, 1.165) is 0 Å². The molecule has 3 nitrogen and oxygen atoms in total. The fraction of sp³-hybridized carbons (Fsp3) is 0.500. The zero-order chi connectivity index (χ0) is 13.6. The molecule has 0 aromatic heterocycles. The molecule has 0 aliphatic rings. The quantitative estimate of drug-likeness (QED) is 0.803. The van der Waals surface area contributed by atoms with Crippen LogP contribution in [0.3, 0.4) is 0 Å². The molecule has 0 saturated carbocycles. The molecule has 0 spiro atoms. The van der Waals surface area contributed by atoms with E-state index in [9.17, 15) is 18.3 Å². The number of alkyl halides is 3. The van der Waals surface area contributed by atoms with Crippen molar-refractivity contribution in [3.05, 3.63) is 29.8 Å². The smallest absolute Gasteiger partial charge is 0.411 e. The molecule has 0 fully saturated rings. The molecule has 1 unspecified atom stereocenters. The molecule has 102 valence electrons. The van der Waals surface area contributed by atoms with E-state index in [4.69, 9.17) is 4.74 Å². The van der Waals surface area contributed by atoms with Crippen LogP contribution in [0, 0.1) is 0 Å². The lowest BCUT2D eigenvalue weighted by molar-refractivity contribution is -0.175. The third-order valence-electron chi connectivity index (χ3n) is 2.10. The number of halogens is 3. The lowest BCUT2D eigenvalue weighted by Gasteiger charge is -2.10. The molecule has 1 aromatic carbocycles. The molecule has 0 aliphatic carbocycles. The van der Waals surface area contributed by atoms with Crippen molar-refractivity contribution in [1.82, 2.24) is 0 Å². The van der Waals surface area contributed by atoms with E-state index in [2.05, 4.69) is 4.74 Å². The Labute approximate surface area is 103 Å². The summed E-state index contributed by atoms with van der Waals surface area (Å²) in [5.74, 6) is 0.490. The van der Waals surface area contributed by atoms with Crippen molar-refractivity contribution in [1.29, 1.82) is 0 Å². The maximum Gasteiger partial charge on any atom is 0.411 e. The summed E-state index contributed by atoms with van der Waals surface area (Å²) >= 11 is 0. The molecule has 0 amide bonds. The maximum absolute atomic E-state index is 11.8. The maximum atomic E-state index is 11.8. The molecular formula is C12H15F3O3. The molecule has 1 N–H and O–H groups in total. The Morgan fingerprint density at radius 3 is 2.61 bits per heavy atom. The lowest BCUT2D eigenvalue weighted by atomic mass is 10.1. The Kier molecular flexibility index (Phi) is 5.43. The minimum Gasteiger partial charge on any atom is -0.491 e. The lowest BCUT2D eigenvalue weighted by Crippen LogP contribution is -2.19. The van der Waals surface area contributed by atoms with Gasteiger partial charge in [-0.15, -0.1) is 0 Å². The summed E-state index contributed by atoms with van der Waals surface area (Å²) in [6, 6.07) is 6.73. The van der Waals surface area contributed by atoms with Gasteiger partial charge in [-0.05, 0) is 24.6 Å². The van der Waals surface area contributed by atoms with Gasteiger partial charge in [0, 0.05) is 0 Å². The molecule has 1 atom stereocenters. The minimum absolute atomic E-state index is 0.0271. The van der Waals surface area contributed by atoms with Crippen LogP contribution in [-0.2, 0) is 4.74 Å². The Bertz CT molecular complexity index is 364. The second kappa shape index (κ2) is 6.61. The van der Waals surface area contributed by atoms with Gasteiger partial charge in [0.25, 0.3) is 0 Å². The van der Waals surface area contributed by atoms with Crippen LogP contribution in [0.5, 0.6) is 5.75 Å². The van der Waals surface area contributed by atoms with Gasteiger partial charge in [-0.3, -0.25) is 0 Å². The normalized spacial score (nSPS) is 13.4. The standard InChI is InChI=1S/C12H15F3O3/c1-9(16)10-3-2-4-11(7-10)18-6-5-17-8-12(13,14)15/h2-4,7,9,16H,5-6,8H2,1H3. The van der Waals surface area contributed by atoms with Crippen LogP contribution in [0.2, 0.25) is 0 Å². The molecule has 0 saturated heterocycles. The van der Waals surface area contributed by atoms with Gasteiger partial charge in [0.2, 0.25) is 0 Å². The van der Waals surface area contributed by atoms with Crippen LogP contribution in [0.1, 0.15) is 18.6 Å². The number of aliphatic hydroxyl groups excluding tert-OH is 1. The zero-order valence-corrected chi connectivity index (χ0v) is 9.91. The van der Waals surface area contributed by atoms with E-state index >= 15 is 0 Å². The van der Waals surface area contributed by atoms with Crippen LogP contribution in [0.15, 0.2) is 24.3 Å². The highest BCUT2D eigenvalue weighted by Gasteiger charge is 2.27. The summed E-state index contributed by atoms with van der Waals surface area (Å²) in [4.78, 5) is 0. The van der Waals surface area contributed by atoms with Crippen molar-refractivity contribution in [3.63, 3.8) is 0 Å². The molecule has 1 rings (SSSR count). The topological polar surface area (TPSA) is 38.7 Å². The van der Waals surface area contributed by atoms with Crippen molar-refractivity contribution in [3.8, 4) is 5.75 Å². The molecule has 0 aliphatic heterocycles. The molecule has 0 heterocycles. The zero-order valence-electron chi connectivity index (χ0n) is 9.91. The highest BCUT2D eigenvalue weighted by Crippen LogP contribution is 2.19. The largest absolute Gasteiger partial charge is 0.491 e. The van der Waals surface area contributed by atoms with Crippen molar-refractivity contribution in [2.24, 2.45) is 0 Å². The molecular weight excluding hydrogens is 249 g/mol. The average Bonchev–Trinajstić information content (AvgIpc) is 2.27. The van der Waals surface area contributed by atoms with Gasteiger partial charge >= 0.3 is 6.18 Å². The number of hydrogen-bond donors (Lipinski definition) is 1. The fourth-order valence-electron chi connectivity index (χ4n) is 1.27. The summed E-state index contributed by atoms with van der Waals surface area (Å²) in [5.41, 5.74) is 0.684. The van der Waals surface area contributed by atoms with Gasteiger partial charge in [0.1, 0.15) is 19.0 Å². The summed E-state index contributed by atoms with van der Waals surface area (Å²) in [7, 11) is 0. The van der Waals surface area contributed by atoms with E-state index in [1.165, 1.54) is 0 Å². The molecule has 6 heteroatoms. The van der Waals surface area contributed by atoms with Gasteiger partial charge in [-0.25, -0.2) is 0 Å². The third kappa shape index (κ3) is 5.88. The fourth-order valence-corrected chi connectivity index (χ4v) is 1.27. The third-order valence-corrected chi connectivity index (χ3v) is 2.10. The van der Waals surface area contributed by atoms with Crippen LogP contribution in [0.4, 0.5) is 13.2 Å². The Hall–Kier alpha value is -1.27. The van der Waals surface area contributed by atoms with Crippen molar-refractivity contribution >= 4 is 0 Å². The number of rotatable bonds is 6. The van der Waals surface area contributed by atoms with Crippen molar-refractivity contribution < 1.29 is 27.8 Å². The Morgan fingerprint density at radius 1 is 1.28 bits per heavy atom. The van der Waals surface area contributed by atoms with Crippen molar-refractivity contribution in [2.75, 3.05) is 19.8 Å². The van der Waals surface area contributed by atoms with Crippen LogP contribution >= 0.6 is 0 Å². The van der Waals surface area contributed by atoms with Crippen LogP contribution < -0.4 is 4.74 Å². The molecule has 18 heavy (non-hydrogen) atoms. The second-order valence-electron chi connectivity index (χ2n) is 3.76. The van der Waals surface area contributed by atoms with E-state index in [-0.39, 0.29) is 13.2 Å². The summed E-state index contributed by atoms with van der Waals surface area (Å²) < 4.78 is 44.9. The number of benzene rings is 1. The highest BCUT2D eigenvalue weighted by molar-refractivity contribution is 5.29. The first-order chi connectivity index (χ1) is 8.38. The first-order valence-corrected chi connectivity index (χ1v) is 5.44. The molecule has 1 aromatic rings. The van der Waals surface area contributed by atoms with Gasteiger partial charge in [0.15, 0.2) is 0 Å². The monoisotopic (exact) mass is 264 g/mol. The molecule has 0 bridgehead atoms. The predicted molar refractivity (Wildman–Crippen MR) is 59.4 cm³/mol.